The van der Waals surface area contributed by atoms with Crippen LogP contribution in [-0.2, 0) is 13.0 Å². The Balaban J connectivity index is 3.93. The van der Waals surface area contributed by atoms with E-state index in [1.807, 2.05) is 33.8 Å². The van der Waals surface area contributed by atoms with Gasteiger partial charge in [-0.3, -0.25) is 4.79 Å². The van der Waals surface area contributed by atoms with Crippen LogP contribution < -0.4 is 4.43 Å². The Hall–Kier alpha value is -1.59. The number of aliphatic hydroxyl groups excluding tert-OH is 1. The number of amides is 1. The van der Waals surface area contributed by atoms with E-state index >= 15 is 0 Å². The maximum atomic E-state index is 13.5. The van der Waals surface area contributed by atoms with E-state index in [9.17, 15) is 9.90 Å². The molecular weight excluding hydrogens is 366 g/mol. The van der Waals surface area contributed by atoms with E-state index in [2.05, 4.69) is 40.4 Å². The molecule has 0 atom stereocenters. The van der Waals surface area contributed by atoms with Crippen LogP contribution in [0, 0.1) is 13.8 Å². The predicted molar refractivity (Wildman–Crippen MR) is 121 cm³/mol. The van der Waals surface area contributed by atoms with Crippen LogP contribution in [-0.4, -0.2) is 37.3 Å². The van der Waals surface area contributed by atoms with Gasteiger partial charge in [-0.15, -0.1) is 6.58 Å². The first-order valence-electron chi connectivity index (χ1n) is 10.2. The highest BCUT2D eigenvalue weighted by molar-refractivity contribution is 6.74. The standard InChI is InChI=1S/C23H39NO3Si/c1-11-14-18-16(4)17(5)19(15-25)20(22(26)24(12-2)13-3)21(18)27-28(9,10)23(6,7)8/h11,25H,1,12-15H2,2-10H3. The van der Waals surface area contributed by atoms with Crippen molar-refractivity contribution in [1.29, 1.82) is 0 Å². The molecule has 0 unspecified atom stereocenters. The number of nitrogens with zero attached hydrogens (tertiary/aromatic N) is 1. The fourth-order valence-electron chi connectivity index (χ4n) is 3.10. The number of aliphatic hydroxyl groups is 1. The molecule has 1 aromatic carbocycles. The lowest BCUT2D eigenvalue weighted by Crippen LogP contribution is -2.45. The topological polar surface area (TPSA) is 49.8 Å². The van der Waals surface area contributed by atoms with E-state index in [0.29, 0.717) is 36.4 Å². The van der Waals surface area contributed by atoms with Crippen LogP contribution >= 0.6 is 0 Å². The van der Waals surface area contributed by atoms with Crippen molar-refractivity contribution in [2.24, 2.45) is 0 Å². The van der Waals surface area contributed by atoms with Gasteiger partial charge in [0, 0.05) is 18.7 Å². The van der Waals surface area contributed by atoms with Gasteiger partial charge in [-0.05, 0) is 68.9 Å². The summed E-state index contributed by atoms with van der Waals surface area (Å²) >= 11 is 0. The second-order valence-electron chi connectivity index (χ2n) is 8.90. The van der Waals surface area contributed by atoms with Gasteiger partial charge in [0.05, 0.1) is 12.2 Å². The summed E-state index contributed by atoms with van der Waals surface area (Å²) in [5.41, 5.74) is 4.23. The third-order valence-electron chi connectivity index (χ3n) is 6.21. The molecule has 28 heavy (non-hydrogen) atoms. The first-order valence-corrected chi connectivity index (χ1v) is 13.1. The van der Waals surface area contributed by atoms with Crippen LogP contribution in [0.25, 0.3) is 0 Å². The third-order valence-corrected chi connectivity index (χ3v) is 10.5. The van der Waals surface area contributed by atoms with Gasteiger partial charge in [-0.1, -0.05) is 26.8 Å². The molecule has 4 nitrogen and oxygen atoms in total. The fraction of sp³-hybridized carbons (Fsp3) is 0.609. The van der Waals surface area contributed by atoms with Crippen LogP contribution in [0.4, 0.5) is 0 Å². The van der Waals surface area contributed by atoms with Crippen LogP contribution in [0.2, 0.25) is 18.1 Å². The highest BCUT2D eigenvalue weighted by Crippen LogP contribution is 2.42. The fourth-order valence-corrected chi connectivity index (χ4v) is 4.14. The Morgan fingerprint density at radius 3 is 2.04 bits per heavy atom. The highest BCUT2D eigenvalue weighted by atomic mass is 28.4. The summed E-state index contributed by atoms with van der Waals surface area (Å²) in [6.45, 7) is 23.8. The van der Waals surface area contributed by atoms with Crippen molar-refractivity contribution in [2.45, 2.75) is 79.6 Å². The van der Waals surface area contributed by atoms with Gasteiger partial charge >= 0.3 is 0 Å². The molecule has 5 heteroatoms. The maximum Gasteiger partial charge on any atom is 0.257 e. The average molecular weight is 406 g/mol. The summed E-state index contributed by atoms with van der Waals surface area (Å²) in [7, 11) is -2.20. The van der Waals surface area contributed by atoms with Gasteiger partial charge < -0.3 is 14.4 Å². The van der Waals surface area contributed by atoms with Crippen molar-refractivity contribution in [3.63, 3.8) is 0 Å². The molecule has 1 aromatic rings. The predicted octanol–water partition coefficient (Wildman–Crippen LogP) is 5.39. The SMILES string of the molecule is C=CCc1c(C)c(C)c(CO)c(C(=O)N(CC)CC)c1O[Si](C)(C)C(C)(C)C. The lowest BCUT2D eigenvalue weighted by Gasteiger charge is -2.38. The number of benzene rings is 1. The quantitative estimate of drug-likeness (QED) is 0.466. The molecule has 0 aliphatic carbocycles. The molecule has 0 saturated carbocycles. The maximum absolute atomic E-state index is 13.5. The first kappa shape index (κ1) is 24.4. The van der Waals surface area contributed by atoms with Gasteiger partial charge in [0.25, 0.3) is 14.2 Å². The lowest BCUT2D eigenvalue weighted by atomic mass is 9.90. The number of hydrogen-bond donors (Lipinski definition) is 1. The Kier molecular flexibility index (Phi) is 8.09. The van der Waals surface area contributed by atoms with E-state index in [1.54, 1.807) is 4.90 Å². The van der Waals surface area contributed by atoms with Gasteiger partial charge in [0.1, 0.15) is 5.75 Å². The second kappa shape index (κ2) is 9.27. The first-order chi connectivity index (χ1) is 12.9. The summed E-state index contributed by atoms with van der Waals surface area (Å²) in [4.78, 5) is 15.3. The minimum Gasteiger partial charge on any atom is -0.543 e. The van der Waals surface area contributed by atoms with Crippen LogP contribution in [0.1, 0.15) is 67.2 Å². The third kappa shape index (κ3) is 4.69. The Morgan fingerprint density at radius 1 is 1.14 bits per heavy atom. The average Bonchev–Trinajstić information content (AvgIpc) is 2.60. The zero-order chi connectivity index (χ0) is 21.9. The molecule has 0 aromatic heterocycles. The van der Waals surface area contributed by atoms with Crippen LogP contribution in [0.5, 0.6) is 5.75 Å². The van der Waals surface area contributed by atoms with Crippen LogP contribution in [0.15, 0.2) is 12.7 Å². The summed E-state index contributed by atoms with van der Waals surface area (Å²) in [5, 5.41) is 10.2. The summed E-state index contributed by atoms with van der Waals surface area (Å²) in [5.74, 6) is 0.576. The number of carbonyl (C=O) groups excluding carboxylic acids is 1. The largest absolute Gasteiger partial charge is 0.543 e. The van der Waals surface area contributed by atoms with Crippen molar-refractivity contribution in [3.8, 4) is 5.75 Å². The molecule has 158 valence electrons. The zero-order valence-corrected chi connectivity index (χ0v) is 20.3. The molecule has 0 spiro atoms. The lowest BCUT2D eigenvalue weighted by molar-refractivity contribution is 0.0767. The molecule has 1 rings (SSSR count). The minimum atomic E-state index is -2.20. The van der Waals surface area contributed by atoms with E-state index < -0.39 is 8.32 Å². The molecular formula is C23H39NO3Si. The molecule has 1 amide bonds. The number of hydrogen-bond acceptors (Lipinski definition) is 3. The van der Waals surface area contributed by atoms with E-state index in [-0.39, 0.29) is 17.6 Å². The summed E-state index contributed by atoms with van der Waals surface area (Å²) in [6.07, 6.45) is 2.48. The van der Waals surface area contributed by atoms with Gasteiger partial charge in [0.2, 0.25) is 0 Å². The Bertz CT molecular complexity index is 729. The number of carbonyl (C=O) groups is 1. The molecule has 0 bridgehead atoms. The van der Waals surface area contributed by atoms with Crippen molar-refractivity contribution in [1.82, 2.24) is 4.90 Å². The van der Waals surface area contributed by atoms with Gasteiger partial charge in [-0.2, -0.15) is 0 Å². The van der Waals surface area contributed by atoms with Crippen molar-refractivity contribution in [3.05, 3.63) is 40.5 Å². The van der Waals surface area contributed by atoms with Gasteiger partial charge in [-0.25, -0.2) is 0 Å². The molecule has 0 heterocycles. The Morgan fingerprint density at radius 2 is 1.64 bits per heavy atom. The highest BCUT2D eigenvalue weighted by Gasteiger charge is 2.41. The smallest absolute Gasteiger partial charge is 0.257 e. The zero-order valence-electron chi connectivity index (χ0n) is 19.3. The molecule has 0 aliphatic rings. The molecule has 0 saturated heterocycles. The van der Waals surface area contributed by atoms with Crippen molar-refractivity contribution < 1.29 is 14.3 Å². The monoisotopic (exact) mass is 405 g/mol. The second-order valence-corrected chi connectivity index (χ2v) is 13.6. The normalized spacial score (nSPS) is 12.1. The van der Waals surface area contributed by atoms with Crippen molar-refractivity contribution >= 4 is 14.2 Å². The van der Waals surface area contributed by atoms with Gasteiger partial charge in [0.15, 0.2) is 0 Å². The number of rotatable bonds is 8. The molecule has 0 aliphatic heterocycles. The Labute approximate surface area is 172 Å². The van der Waals surface area contributed by atoms with Crippen LogP contribution in [0.3, 0.4) is 0 Å². The van der Waals surface area contributed by atoms with E-state index in [1.165, 1.54) is 0 Å². The van der Waals surface area contributed by atoms with E-state index in [4.69, 9.17) is 4.43 Å². The van der Waals surface area contributed by atoms with E-state index in [0.717, 1.165) is 16.7 Å². The molecule has 1 N–H and O–H groups in total. The minimum absolute atomic E-state index is 0.00780. The summed E-state index contributed by atoms with van der Waals surface area (Å²) in [6, 6.07) is 0. The van der Waals surface area contributed by atoms with Crippen molar-refractivity contribution in [2.75, 3.05) is 13.1 Å². The number of allylic oxidation sites excluding steroid dienone is 1. The molecule has 0 radical (unpaired) electrons. The summed E-state index contributed by atoms with van der Waals surface area (Å²) < 4.78 is 6.75. The molecule has 0 fully saturated rings.